The van der Waals surface area contributed by atoms with Gasteiger partial charge in [-0.05, 0) is 37.5 Å². The predicted molar refractivity (Wildman–Crippen MR) is 111 cm³/mol. The summed E-state index contributed by atoms with van der Waals surface area (Å²) in [6.07, 6.45) is 1.37. The van der Waals surface area contributed by atoms with Crippen molar-refractivity contribution in [3.05, 3.63) is 81.0 Å². The molecule has 1 heterocycles. The lowest BCUT2D eigenvalue weighted by molar-refractivity contribution is -0.122. The second-order valence-electron chi connectivity index (χ2n) is 6.96. The number of amides is 1. The highest BCUT2D eigenvalue weighted by atomic mass is 16.2. The van der Waals surface area contributed by atoms with Gasteiger partial charge in [0, 0.05) is 12.6 Å². The summed E-state index contributed by atoms with van der Waals surface area (Å²) in [5.74, 6) is -0.241. The number of para-hydroxylation sites is 1. The van der Waals surface area contributed by atoms with Gasteiger partial charge >= 0.3 is 5.69 Å². The van der Waals surface area contributed by atoms with Crippen molar-refractivity contribution in [2.45, 2.75) is 45.8 Å². The molecule has 1 amide bonds. The van der Waals surface area contributed by atoms with Crippen LogP contribution < -0.4 is 16.6 Å². The van der Waals surface area contributed by atoms with Crippen molar-refractivity contribution < 1.29 is 4.79 Å². The summed E-state index contributed by atoms with van der Waals surface area (Å²) in [6.45, 7) is 4.05. The zero-order chi connectivity index (χ0) is 20.1. The maximum atomic E-state index is 13.1. The molecule has 1 aromatic heterocycles. The quantitative estimate of drug-likeness (QED) is 0.685. The highest BCUT2D eigenvalue weighted by molar-refractivity contribution is 5.81. The van der Waals surface area contributed by atoms with Crippen molar-refractivity contribution in [1.82, 2.24) is 14.5 Å². The molecule has 0 aliphatic heterocycles. The Bertz CT molecular complexity index is 1080. The fourth-order valence-electron chi connectivity index (χ4n) is 3.17. The zero-order valence-corrected chi connectivity index (χ0v) is 16.2. The van der Waals surface area contributed by atoms with Crippen molar-refractivity contribution in [2.75, 3.05) is 0 Å². The number of rotatable bonds is 7. The van der Waals surface area contributed by atoms with Crippen LogP contribution in [0.15, 0.2) is 64.2 Å². The minimum atomic E-state index is -0.459. The third-order valence-corrected chi connectivity index (χ3v) is 4.92. The van der Waals surface area contributed by atoms with Gasteiger partial charge in [-0.15, -0.1) is 0 Å². The number of aryl methyl sites for hydroxylation is 1. The fourth-order valence-corrected chi connectivity index (χ4v) is 3.17. The summed E-state index contributed by atoms with van der Waals surface area (Å²) < 4.78 is 2.62. The van der Waals surface area contributed by atoms with Crippen LogP contribution in [0.2, 0.25) is 0 Å². The SMILES string of the molecule is CC[C@@H](C)NC(=O)Cn1c(=O)n(CCc2ccccc2)c(=O)c2ccccc21. The Morgan fingerprint density at radius 2 is 1.68 bits per heavy atom. The number of nitrogens with one attached hydrogen (secondary N) is 1. The Kier molecular flexibility index (Phi) is 6.09. The van der Waals surface area contributed by atoms with Gasteiger partial charge in [0.2, 0.25) is 5.91 Å². The Morgan fingerprint density at radius 3 is 2.39 bits per heavy atom. The molecule has 2 aromatic carbocycles. The number of hydrogen-bond donors (Lipinski definition) is 1. The second-order valence-corrected chi connectivity index (χ2v) is 6.96. The van der Waals surface area contributed by atoms with Crippen LogP contribution in [0, 0.1) is 0 Å². The molecule has 0 bridgehead atoms. The monoisotopic (exact) mass is 379 g/mol. The lowest BCUT2D eigenvalue weighted by Gasteiger charge is -2.16. The zero-order valence-electron chi connectivity index (χ0n) is 16.2. The first-order valence-corrected chi connectivity index (χ1v) is 9.57. The van der Waals surface area contributed by atoms with Gasteiger partial charge in [0.15, 0.2) is 0 Å². The van der Waals surface area contributed by atoms with Crippen LogP contribution in [0.5, 0.6) is 0 Å². The van der Waals surface area contributed by atoms with Gasteiger partial charge in [0.25, 0.3) is 5.56 Å². The molecule has 0 saturated carbocycles. The highest BCUT2D eigenvalue weighted by Gasteiger charge is 2.15. The number of carbonyl (C=O) groups is 1. The number of fused-ring (bicyclic) bond motifs is 1. The largest absolute Gasteiger partial charge is 0.352 e. The predicted octanol–water partition coefficient (Wildman–Crippen LogP) is 2.32. The highest BCUT2D eigenvalue weighted by Crippen LogP contribution is 2.08. The molecule has 146 valence electrons. The molecular formula is C22H25N3O3. The van der Waals surface area contributed by atoms with E-state index in [0.717, 1.165) is 12.0 Å². The molecule has 0 saturated heterocycles. The van der Waals surface area contributed by atoms with Crippen molar-refractivity contribution >= 4 is 16.8 Å². The molecule has 1 N–H and O–H groups in total. The molecular weight excluding hydrogens is 354 g/mol. The van der Waals surface area contributed by atoms with Crippen molar-refractivity contribution in [2.24, 2.45) is 0 Å². The van der Waals surface area contributed by atoms with Gasteiger partial charge in [0.05, 0.1) is 10.9 Å². The number of benzene rings is 2. The van der Waals surface area contributed by atoms with Crippen LogP contribution in [0.25, 0.3) is 10.9 Å². The van der Waals surface area contributed by atoms with Crippen LogP contribution in [0.4, 0.5) is 0 Å². The van der Waals surface area contributed by atoms with E-state index in [0.29, 0.717) is 17.3 Å². The first-order valence-electron chi connectivity index (χ1n) is 9.57. The normalized spacial score (nSPS) is 12.1. The molecule has 6 heteroatoms. The summed E-state index contributed by atoms with van der Waals surface area (Å²) in [5, 5.41) is 3.31. The average molecular weight is 379 g/mol. The topological polar surface area (TPSA) is 73.1 Å². The molecule has 0 fully saturated rings. The number of nitrogens with zero attached hydrogens (tertiary/aromatic N) is 2. The molecule has 1 atom stereocenters. The summed E-state index contributed by atoms with van der Waals surface area (Å²) >= 11 is 0. The number of carbonyl (C=O) groups excluding carboxylic acids is 1. The van der Waals surface area contributed by atoms with E-state index in [2.05, 4.69) is 5.32 Å². The Balaban J connectivity index is 2.01. The van der Waals surface area contributed by atoms with E-state index in [1.165, 1.54) is 9.13 Å². The van der Waals surface area contributed by atoms with E-state index in [4.69, 9.17) is 0 Å². The lowest BCUT2D eigenvalue weighted by atomic mass is 10.1. The molecule has 6 nitrogen and oxygen atoms in total. The Hall–Kier alpha value is -3.15. The number of aromatic nitrogens is 2. The first-order chi connectivity index (χ1) is 13.5. The van der Waals surface area contributed by atoms with Gasteiger partial charge in [0.1, 0.15) is 6.54 Å². The molecule has 0 unspecified atom stereocenters. The van der Waals surface area contributed by atoms with Crippen LogP contribution in [-0.2, 0) is 24.3 Å². The first kappa shape index (κ1) is 19.6. The van der Waals surface area contributed by atoms with Gasteiger partial charge < -0.3 is 5.32 Å². The van der Waals surface area contributed by atoms with E-state index in [1.54, 1.807) is 24.3 Å². The van der Waals surface area contributed by atoms with Crippen LogP contribution in [0.1, 0.15) is 25.8 Å². The average Bonchev–Trinajstić information content (AvgIpc) is 2.71. The third-order valence-electron chi connectivity index (χ3n) is 4.92. The fraction of sp³-hybridized carbons (Fsp3) is 0.318. The molecule has 0 radical (unpaired) electrons. The smallest absolute Gasteiger partial charge is 0.331 e. The van der Waals surface area contributed by atoms with E-state index in [9.17, 15) is 14.4 Å². The van der Waals surface area contributed by atoms with E-state index < -0.39 is 5.69 Å². The molecule has 3 aromatic rings. The molecule has 0 aliphatic rings. The van der Waals surface area contributed by atoms with Gasteiger partial charge in [-0.1, -0.05) is 49.4 Å². The maximum absolute atomic E-state index is 13.1. The molecule has 0 spiro atoms. The minimum absolute atomic E-state index is 0.0263. The summed E-state index contributed by atoms with van der Waals surface area (Å²) in [4.78, 5) is 38.3. The minimum Gasteiger partial charge on any atom is -0.352 e. The van der Waals surface area contributed by atoms with Crippen LogP contribution in [0.3, 0.4) is 0 Å². The van der Waals surface area contributed by atoms with Gasteiger partial charge in [-0.3, -0.25) is 18.7 Å². The van der Waals surface area contributed by atoms with Gasteiger partial charge in [-0.25, -0.2) is 4.79 Å². The Labute approximate surface area is 163 Å². The molecule has 0 aliphatic carbocycles. The van der Waals surface area contributed by atoms with Crippen molar-refractivity contribution in [3.8, 4) is 0 Å². The number of hydrogen-bond acceptors (Lipinski definition) is 3. The van der Waals surface area contributed by atoms with Crippen molar-refractivity contribution in [1.29, 1.82) is 0 Å². The van der Waals surface area contributed by atoms with E-state index in [1.807, 2.05) is 44.2 Å². The van der Waals surface area contributed by atoms with E-state index in [-0.39, 0.29) is 30.6 Å². The third kappa shape index (κ3) is 4.22. The lowest BCUT2D eigenvalue weighted by Crippen LogP contribution is -2.44. The molecule has 28 heavy (non-hydrogen) atoms. The Morgan fingerprint density at radius 1 is 1.00 bits per heavy atom. The standard InChI is InChI=1S/C22H25N3O3/c1-3-16(2)23-20(26)15-25-19-12-8-7-11-18(19)21(27)24(22(25)28)14-13-17-9-5-4-6-10-17/h4-12,16H,3,13-15H2,1-2H3,(H,23,26)/t16-/m1/s1. The summed E-state index contributed by atoms with van der Waals surface area (Å²) in [5.41, 5.74) is 0.741. The van der Waals surface area contributed by atoms with Crippen LogP contribution in [-0.4, -0.2) is 21.1 Å². The summed E-state index contributed by atoms with van der Waals surface area (Å²) in [7, 11) is 0. The van der Waals surface area contributed by atoms with Crippen LogP contribution >= 0.6 is 0 Å². The van der Waals surface area contributed by atoms with E-state index >= 15 is 0 Å². The molecule has 3 rings (SSSR count). The van der Waals surface area contributed by atoms with Gasteiger partial charge in [-0.2, -0.15) is 0 Å². The second kappa shape index (κ2) is 8.69. The summed E-state index contributed by atoms with van der Waals surface area (Å²) in [6, 6.07) is 16.7. The maximum Gasteiger partial charge on any atom is 0.331 e. The van der Waals surface area contributed by atoms with Crippen molar-refractivity contribution in [3.63, 3.8) is 0 Å².